The maximum Gasteiger partial charge on any atom is 0.0838 e. The van der Waals surface area contributed by atoms with E-state index in [9.17, 15) is 5.11 Å². The van der Waals surface area contributed by atoms with Crippen molar-refractivity contribution in [2.75, 3.05) is 0 Å². The van der Waals surface area contributed by atoms with Crippen LogP contribution in [0.15, 0.2) is 30.4 Å². The zero-order valence-corrected chi connectivity index (χ0v) is 9.39. The molecule has 0 saturated carbocycles. The van der Waals surface area contributed by atoms with Crippen molar-refractivity contribution in [3.8, 4) is 0 Å². The highest BCUT2D eigenvalue weighted by molar-refractivity contribution is 6.35. The van der Waals surface area contributed by atoms with E-state index in [0.717, 1.165) is 0 Å². The van der Waals surface area contributed by atoms with Gasteiger partial charge in [-0.1, -0.05) is 41.4 Å². The van der Waals surface area contributed by atoms with Crippen molar-refractivity contribution in [1.82, 2.24) is 0 Å². The third-order valence-corrected chi connectivity index (χ3v) is 2.48. The van der Waals surface area contributed by atoms with E-state index in [4.69, 9.17) is 23.2 Å². The first-order chi connectivity index (χ1) is 6.65. The third-order valence-electron chi connectivity index (χ3n) is 1.92. The first-order valence-electron chi connectivity index (χ1n) is 4.39. The lowest BCUT2D eigenvalue weighted by molar-refractivity contribution is 0.181. The summed E-state index contributed by atoms with van der Waals surface area (Å²) in [6, 6.07) is 5.11. The van der Waals surface area contributed by atoms with Crippen molar-refractivity contribution in [2.24, 2.45) is 0 Å². The van der Waals surface area contributed by atoms with Gasteiger partial charge in [-0.2, -0.15) is 0 Å². The molecule has 76 valence electrons. The van der Waals surface area contributed by atoms with Gasteiger partial charge >= 0.3 is 0 Å². The molecule has 0 saturated heterocycles. The maximum atomic E-state index is 9.74. The molecule has 0 fully saturated rings. The second kappa shape index (κ2) is 5.40. The van der Waals surface area contributed by atoms with Crippen LogP contribution in [0.4, 0.5) is 0 Å². The van der Waals surface area contributed by atoms with Crippen LogP contribution in [0, 0.1) is 0 Å². The lowest BCUT2D eigenvalue weighted by Crippen LogP contribution is -1.96. The van der Waals surface area contributed by atoms with Crippen LogP contribution in [0.3, 0.4) is 0 Å². The largest absolute Gasteiger partial charge is 0.388 e. The van der Waals surface area contributed by atoms with Crippen molar-refractivity contribution in [3.63, 3.8) is 0 Å². The summed E-state index contributed by atoms with van der Waals surface area (Å²) >= 11 is 11.7. The molecule has 1 atom stereocenters. The maximum absolute atomic E-state index is 9.74. The Morgan fingerprint density at radius 1 is 1.43 bits per heavy atom. The minimum absolute atomic E-state index is 0.509. The van der Waals surface area contributed by atoms with Gasteiger partial charge in [-0.05, 0) is 31.0 Å². The summed E-state index contributed by atoms with van der Waals surface area (Å²) < 4.78 is 0. The Morgan fingerprint density at radius 3 is 2.71 bits per heavy atom. The van der Waals surface area contributed by atoms with Crippen molar-refractivity contribution in [3.05, 3.63) is 46.0 Å². The molecule has 0 radical (unpaired) electrons. The molecule has 1 nitrogen and oxygen atoms in total. The fraction of sp³-hybridized carbons (Fsp3) is 0.273. The quantitative estimate of drug-likeness (QED) is 0.779. The van der Waals surface area contributed by atoms with Gasteiger partial charge in [0.25, 0.3) is 0 Å². The topological polar surface area (TPSA) is 20.2 Å². The van der Waals surface area contributed by atoms with E-state index in [1.807, 2.05) is 19.1 Å². The van der Waals surface area contributed by atoms with E-state index < -0.39 is 6.10 Å². The monoisotopic (exact) mass is 230 g/mol. The summed E-state index contributed by atoms with van der Waals surface area (Å²) in [5.41, 5.74) is 0.717. The Bertz CT molecular complexity index is 334. The molecule has 0 bridgehead atoms. The second-order valence-electron chi connectivity index (χ2n) is 2.99. The molecule has 0 aliphatic carbocycles. The first-order valence-corrected chi connectivity index (χ1v) is 5.15. The second-order valence-corrected chi connectivity index (χ2v) is 3.83. The molecule has 14 heavy (non-hydrogen) atoms. The lowest BCUT2D eigenvalue weighted by Gasteiger charge is -2.10. The number of aliphatic hydroxyl groups excluding tert-OH is 1. The minimum Gasteiger partial charge on any atom is -0.388 e. The average Bonchev–Trinajstić information content (AvgIpc) is 2.14. The molecular formula is C11H12Cl2O. The average molecular weight is 231 g/mol. The number of aliphatic hydroxyl groups is 1. The van der Waals surface area contributed by atoms with Gasteiger partial charge in [0.2, 0.25) is 0 Å². The Morgan fingerprint density at radius 2 is 2.14 bits per heavy atom. The van der Waals surface area contributed by atoms with Crippen LogP contribution in [0.25, 0.3) is 0 Å². The van der Waals surface area contributed by atoms with Crippen LogP contribution in [0.1, 0.15) is 25.0 Å². The van der Waals surface area contributed by atoms with Gasteiger partial charge < -0.3 is 5.11 Å². The fourth-order valence-corrected chi connectivity index (χ4v) is 1.70. The molecule has 3 heteroatoms. The highest BCUT2D eigenvalue weighted by Gasteiger charge is 2.09. The van der Waals surface area contributed by atoms with E-state index >= 15 is 0 Å². The summed E-state index contributed by atoms with van der Waals surface area (Å²) in [6.45, 7) is 1.91. The van der Waals surface area contributed by atoms with E-state index in [0.29, 0.717) is 22.0 Å². The standard InChI is InChI=1S/C11H12Cl2O/c1-2-3-4-11(14)9-6-5-8(12)7-10(9)13/h2-3,5-7,11,14H,4H2,1H3/b3-2+. The number of hydrogen-bond acceptors (Lipinski definition) is 1. The number of hydrogen-bond donors (Lipinski definition) is 1. The predicted octanol–water partition coefficient (Wildman–Crippen LogP) is 3.99. The van der Waals surface area contributed by atoms with E-state index in [1.54, 1.807) is 18.2 Å². The van der Waals surface area contributed by atoms with Crippen LogP contribution in [-0.4, -0.2) is 5.11 Å². The van der Waals surface area contributed by atoms with Gasteiger partial charge in [0.05, 0.1) is 6.10 Å². The number of benzene rings is 1. The van der Waals surface area contributed by atoms with E-state index in [-0.39, 0.29) is 0 Å². The van der Waals surface area contributed by atoms with E-state index in [2.05, 4.69) is 0 Å². The minimum atomic E-state index is -0.559. The molecule has 0 amide bonds. The van der Waals surface area contributed by atoms with Gasteiger partial charge in [-0.25, -0.2) is 0 Å². The van der Waals surface area contributed by atoms with E-state index in [1.165, 1.54) is 0 Å². The normalized spacial score (nSPS) is 13.4. The van der Waals surface area contributed by atoms with Crippen LogP contribution < -0.4 is 0 Å². The van der Waals surface area contributed by atoms with Crippen LogP contribution in [-0.2, 0) is 0 Å². The van der Waals surface area contributed by atoms with Gasteiger partial charge in [-0.3, -0.25) is 0 Å². The van der Waals surface area contributed by atoms with Gasteiger partial charge in [-0.15, -0.1) is 0 Å². The van der Waals surface area contributed by atoms with Crippen molar-refractivity contribution in [2.45, 2.75) is 19.4 Å². The fourth-order valence-electron chi connectivity index (χ4n) is 1.16. The Labute approximate surface area is 94.0 Å². The molecule has 0 aromatic heterocycles. The highest BCUT2D eigenvalue weighted by atomic mass is 35.5. The Hall–Kier alpha value is -0.500. The molecule has 1 N–H and O–H groups in total. The molecule has 1 rings (SSSR count). The summed E-state index contributed by atoms with van der Waals surface area (Å²) in [4.78, 5) is 0. The highest BCUT2D eigenvalue weighted by Crippen LogP contribution is 2.27. The zero-order valence-electron chi connectivity index (χ0n) is 7.87. The molecule has 0 aliphatic rings. The number of halogens is 2. The van der Waals surface area contributed by atoms with Crippen LogP contribution in [0.5, 0.6) is 0 Å². The molecule has 1 aromatic rings. The summed E-state index contributed by atoms with van der Waals surface area (Å²) in [7, 11) is 0. The summed E-state index contributed by atoms with van der Waals surface area (Å²) in [6.07, 6.45) is 3.80. The van der Waals surface area contributed by atoms with Crippen molar-refractivity contribution >= 4 is 23.2 Å². The molecule has 0 aliphatic heterocycles. The summed E-state index contributed by atoms with van der Waals surface area (Å²) in [5.74, 6) is 0. The summed E-state index contributed by atoms with van der Waals surface area (Å²) in [5, 5.41) is 10.8. The van der Waals surface area contributed by atoms with Gasteiger partial charge in [0.15, 0.2) is 0 Å². The van der Waals surface area contributed by atoms with Gasteiger partial charge in [0, 0.05) is 10.0 Å². The van der Waals surface area contributed by atoms with Crippen molar-refractivity contribution < 1.29 is 5.11 Å². The molecule has 0 spiro atoms. The molecule has 0 heterocycles. The van der Waals surface area contributed by atoms with Gasteiger partial charge in [0.1, 0.15) is 0 Å². The van der Waals surface area contributed by atoms with Crippen LogP contribution in [0.2, 0.25) is 10.0 Å². The molecule has 1 unspecified atom stereocenters. The number of rotatable bonds is 3. The first kappa shape index (κ1) is 11.6. The third kappa shape index (κ3) is 3.02. The smallest absolute Gasteiger partial charge is 0.0838 e. The molecule has 1 aromatic carbocycles. The predicted molar refractivity (Wildman–Crippen MR) is 60.9 cm³/mol. The Balaban J connectivity index is 2.84. The Kier molecular flexibility index (Phi) is 4.46. The van der Waals surface area contributed by atoms with Crippen molar-refractivity contribution in [1.29, 1.82) is 0 Å². The number of allylic oxidation sites excluding steroid dienone is 1. The molecular weight excluding hydrogens is 219 g/mol. The SMILES string of the molecule is C/C=C/CC(O)c1ccc(Cl)cc1Cl. The lowest BCUT2D eigenvalue weighted by atomic mass is 10.1. The zero-order chi connectivity index (χ0) is 10.6. The van der Waals surface area contributed by atoms with Crippen LogP contribution >= 0.6 is 23.2 Å².